The number of rotatable bonds is 1. The van der Waals surface area contributed by atoms with Crippen LogP contribution in [0.1, 0.15) is 57.1 Å². The summed E-state index contributed by atoms with van der Waals surface area (Å²) in [5, 5.41) is 6.98. The lowest BCUT2D eigenvalue weighted by molar-refractivity contribution is -0.143. The normalized spacial score (nSPS) is 22.3. The van der Waals surface area contributed by atoms with Crippen LogP contribution in [0.4, 0.5) is 5.82 Å². The summed E-state index contributed by atoms with van der Waals surface area (Å²) in [5.41, 5.74) is 1.46. The van der Waals surface area contributed by atoms with E-state index in [0.717, 1.165) is 57.1 Å². The molecule has 154 valence electrons. The number of carbonyl (C=O) groups excluding carboxylic acids is 3. The number of aryl methyl sites for hydroxylation is 1. The second kappa shape index (κ2) is 8.26. The molecule has 3 heterocycles. The SMILES string of the molecule is Cc1cc(NC(=O)C(=O)N2CCCCCC2)n(C2=NC(=O)C3CCCCC3=N2)n1. The van der Waals surface area contributed by atoms with Gasteiger partial charge in [0.1, 0.15) is 5.82 Å². The lowest BCUT2D eigenvalue weighted by Crippen LogP contribution is -2.41. The van der Waals surface area contributed by atoms with Gasteiger partial charge in [-0.15, -0.1) is 0 Å². The number of nitrogens with zero attached hydrogens (tertiary/aromatic N) is 5. The Morgan fingerprint density at radius 2 is 1.83 bits per heavy atom. The first kappa shape index (κ1) is 19.5. The van der Waals surface area contributed by atoms with Crippen molar-refractivity contribution >= 4 is 35.2 Å². The molecule has 0 aromatic carbocycles. The van der Waals surface area contributed by atoms with Gasteiger partial charge in [-0.25, -0.2) is 4.99 Å². The van der Waals surface area contributed by atoms with Gasteiger partial charge in [0.2, 0.25) is 0 Å². The third-order valence-electron chi connectivity index (χ3n) is 5.68. The van der Waals surface area contributed by atoms with Gasteiger partial charge in [-0.1, -0.05) is 19.3 Å². The quantitative estimate of drug-likeness (QED) is 0.729. The van der Waals surface area contributed by atoms with E-state index in [1.165, 1.54) is 4.68 Å². The zero-order valence-corrected chi connectivity index (χ0v) is 16.7. The fourth-order valence-corrected chi connectivity index (χ4v) is 4.15. The molecule has 3 aliphatic rings. The van der Waals surface area contributed by atoms with Gasteiger partial charge in [0.05, 0.1) is 11.6 Å². The monoisotopic (exact) mass is 398 g/mol. The van der Waals surface area contributed by atoms with Crippen LogP contribution in [0.5, 0.6) is 0 Å². The number of carbonyl (C=O) groups is 3. The number of aliphatic imine (C=N–C) groups is 2. The molecule has 0 bridgehead atoms. The predicted octanol–water partition coefficient (Wildman–Crippen LogP) is 1.91. The minimum atomic E-state index is -0.709. The van der Waals surface area contributed by atoms with Gasteiger partial charge < -0.3 is 10.2 Å². The molecule has 0 radical (unpaired) electrons. The molecule has 9 heteroatoms. The molecule has 1 aliphatic carbocycles. The molecule has 29 heavy (non-hydrogen) atoms. The highest BCUT2D eigenvalue weighted by molar-refractivity contribution is 6.39. The summed E-state index contributed by atoms with van der Waals surface area (Å²) in [5.74, 6) is -1.26. The summed E-state index contributed by atoms with van der Waals surface area (Å²) in [6.45, 7) is 2.96. The summed E-state index contributed by atoms with van der Waals surface area (Å²) in [7, 11) is 0. The zero-order chi connectivity index (χ0) is 20.4. The molecule has 9 nitrogen and oxygen atoms in total. The Morgan fingerprint density at radius 3 is 2.59 bits per heavy atom. The topological polar surface area (TPSA) is 109 Å². The molecule has 1 aromatic rings. The van der Waals surface area contributed by atoms with E-state index in [4.69, 9.17) is 0 Å². The van der Waals surface area contributed by atoms with Crippen LogP contribution in [0.3, 0.4) is 0 Å². The molecule has 3 amide bonds. The van der Waals surface area contributed by atoms with E-state index in [1.807, 2.05) is 0 Å². The van der Waals surface area contributed by atoms with Gasteiger partial charge in [0.15, 0.2) is 0 Å². The molecule has 1 aromatic heterocycles. The number of hydrogen-bond acceptors (Lipinski definition) is 5. The first-order chi connectivity index (χ1) is 14.0. The molecular formula is C20H26N6O3. The van der Waals surface area contributed by atoms with Gasteiger partial charge in [-0.3, -0.25) is 14.4 Å². The van der Waals surface area contributed by atoms with Gasteiger partial charge in [-0.2, -0.15) is 14.8 Å². The van der Waals surface area contributed by atoms with Crippen LogP contribution in [0.2, 0.25) is 0 Å². The Kier molecular flexibility index (Phi) is 5.55. The first-order valence-corrected chi connectivity index (χ1v) is 10.4. The number of aromatic nitrogens is 2. The number of nitrogens with one attached hydrogen (secondary N) is 1. The fraction of sp³-hybridized carbons (Fsp3) is 0.600. The van der Waals surface area contributed by atoms with Crippen LogP contribution in [-0.4, -0.2) is 57.2 Å². The van der Waals surface area contributed by atoms with E-state index >= 15 is 0 Å². The van der Waals surface area contributed by atoms with Crippen LogP contribution < -0.4 is 5.32 Å². The van der Waals surface area contributed by atoms with Gasteiger partial charge in [0.25, 0.3) is 11.9 Å². The highest BCUT2D eigenvalue weighted by atomic mass is 16.2. The number of likely N-dealkylation sites (tertiary alicyclic amines) is 1. The van der Waals surface area contributed by atoms with Crippen molar-refractivity contribution in [2.24, 2.45) is 15.9 Å². The van der Waals surface area contributed by atoms with Crippen LogP contribution in [0, 0.1) is 12.8 Å². The number of amides is 3. The van der Waals surface area contributed by atoms with E-state index in [-0.39, 0.29) is 17.8 Å². The molecule has 1 saturated heterocycles. The van der Waals surface area contributed by atoms with Crippen molar-refractivity contribution in [1.29, 1.82) is 0 Å². The van der Waals surface area contributed by atoms with Crippen LogP contribution >= 0.6 is 0 Å². The second-order valence-corrected chi connectivity index (χ2v) is 7.89. The van der Waals surface area contributed by atoms with E-state index in [9.17, 15) is 14.4 Å². The van der Waals surface area contributed by atoms with E-state index in [0.29, 0.717) is 24.6 Å². The van der Waals surface area contributed by atoms with E-state index < -0.39 is 11.8 Å². The highest BCUT2D eigenvalue weighted by Gasteiger charge is 2.32. The summed E-state index contributed by atoms with van der Waals surface area (Å²) >= 11 is 0. The van der Waals surface area contributed by atoms with Crippen molar-refractivity contribution in [2.45, 2.75) is 58.3 Å². The maximum absolute atomic E-state index is 12.6. The third kappa shape index (κ3) is 4.13. The first-order valence-electron chi connectivity index (χ1n) is 10.4. The molecule has 1 N–H and O–H groups in total. The highest BCUT2D eigenvalue weighted by Crippen LogP contribution is 2.26. The summed E-state index contributed by atoms with van der Waals surface area (Å²) in [6.07, 6.45) is 7.52. The predicted molar refractivity (Wildman–Crippen MR) is 108 cm³/mol. The largest absolute Gasteiger partial charge is 0.334 e. The summed E-state index contributed by atoms with van der Waals surface area (Å²) in [4.78, 5) is 47.8. The second-order valence-electron chi connectivity index (χ2n) is 7.89. The van der Waals surface area contributed by atoms with Crippen molar-refractivity contribution in [1.82, 2.24) is 14.7 Å². The molecule has 2 fully saturated rings. The minimum absolute atomic E-state index is 0.147. The zero-order valence-electron chi connectivity index (χ0n) is 16.7. The Labute approximate surface area is 169 Å². The fourth-order valence-electron chi connectivity index (χ4n) is 4.15. The molecule has 4 rings (SSSR count). The van der Waals surface area contributed by atoms with Gasteiger partial charge in [-0.05, 0) is 39.0 Å². The third-order valence-corrected chi connectivity index (χ3v) is 5.68. The number of anilines is 1. The molecule has 0 spiro atoms. The molecule has 2 aliphatic heterocycles. The van der Waals surface area contributed by atoms with Crippen LogP contribution in [0.15, 0.2) is 16.1 Å². The molecular weight excluding hydrogens is 372 g/mol. The van der Waals surface area contributed by atoms with Crippen molar-refractivity contribution < 1.29 is 14.4 Å². The average Bonchev–Trinajstić information content (AvgIpc) is 2.91. The van der Waals surface area contributed by atoms with Crippen molar-refractivity contribution in [2.75, 3.05) is 18.4 Å². The van der Waals surface area contributed by atoms with Gasteiger partial charge >= 0.3 is 11.8 Å². The molecule has 1 saturated carbocycles. The summed E-state index contributed by atoms with van der Waals surface area (Å²) < 4.78 is 1.35. The average molecular weight is 398 g/mol. The lowest BCUT2D eigenvalue weighted by Gasteiger charge is -2.24. The smallest absolute Gasteiger partial charge is 0.315 e. The van der Waals surface area contributed by atoms with Crippen LogP contribution in [-0.2, 0) is 14.4 Å². The Hall–Kier alpha value is -2.84. The maximum atomic E-state index is 12.6. The summed E-state index contributed by atoms with van der Waals surface area (Å²) in [6, 6.07) is 1.65. The van der Waals surface area contributed by atoms with Crippen molar-refractivity contribution in [3.63, 3.8) is 0 Å². The Bertz CT molecular complexity index is 892. The number of fused-ring (bicyclic) bond motifs is 1. The Morgan fingerprint density at radius 1 is 1.07 bits per heavy atom. The number of hydrogen-bond donors (Lipinski definition) is 1. The molecule has 1 unspecified atom stereocenters. The van der Waals surface area contributed by atoms with E-state index in [1.54, 1.807) is 17.9 Å². The van der Waals surface area contributed by atoms with Crippen LogP contribution in [0.25, 0.3) is 0 Å². The standard InChI is InChI=1S/C20H26N6O3/c1-13-12-16(22-18(28)19(29)25-10-6-2-3-7-11-25)26(24-13)20-21-15-9-5-4-8-14(15)17(27)23-20/h12,14H,2-11H2,1H3,(H,22,28). The maximum Gasteiger partial charge on any atom is 0.315 e. The van der Waals surface area contributed by atoms with Gasteiger partial charge in [0, 0.05) is 24.9 Å². The minimum Gasteiger partial charge on any atom is -0.334 e. The van der Waals surface area contributed by atoms with Crippen molar-refractivity contribution in [3.8, 4) is 0 Å². The lowest BCUT2D eigenvalue weighted by atomic mass is 9.86. The Balaban J connectivity index is 1.54. The van der Waals surface area contributed by atoms with E-state index in [2.05, 4.69) is 20.4 Å². The molecule has 1 atom stereocenters. The van der Waals surface area contributed by atoms with Crippen molar-refractivity contribution in [3.05, 3.63) is 11.8 Å².